The van der Waals surface area contributed by atoms with Gasteiger partial charge in [0, 0.05) is 5.69 Å². The van der Waals surface area contributed by atoms with E-state index < -0.39 is 11.2 Å². The first-order valence-electron chi connectivity index (χ1n) is 9.41. The third kappa shape index (κ3) is 4.71. The molecule has 3 aromatic rings. The molecular formula is C22H23N3O4S. The number of nitrogens with one attached hydrogen (secondary N) is 1. The van der Waals surface area contributed by atoms with Crippen LogP contribution in [0.15, 0.2) is 52.4 Å². The molecule has 0 aliphatic rings. The maximum Gasteiger partial charge on any atom is 0.325 e. The van der Waals surface area contributed by atoms with Crippen LogP contribution in [-0.4, -0.2) is 33.8 Å². The Morgan fingerprint density at radius 1 is 1.20 bits per heavy atom. The lowest BCUT2D eigenvalue weighted by Gasteiger charge is -2.16. The average Bonchev–Trinajstić information content (AvgIpc) is 2.73. The predicted octanol–water partition coefficient (Wildman–Crippen LogP) is 3.31. The molecule has 0 radical (unpaired) electrons. The minimum absolute atomic E-state index is 0.222. The molecule has 0 spiro atoms. The molecule has 0 bridgehead atoms. The fourth-order valence-electron chi connectivity index (χ4n) is 2.89. The number of amides is 1. The van der Waals surface area contributed by atoms with Crippen LogP contribution in [0, 0.1) is 13.8 Å². The number of aryl methyl sites for hydroxylation is 2. The standard InChI is InChI=1S/C22H23N3O4S/c1-13-9-10-14(2)18(11-13)23-20(27)15(3)30-22-24-17-8-6-5-7-16(17)21(28)25(22)12-19(26)29-4/h5-11,15H,12H2,1-4H3,(H,23,27). The largest absolute Gasteiger partial charge is 0.468 e. The number of methoxy groups -OCH3 is 1. The Morgan fingerprint density at radius 3 is 2.67 bits per heavy atom. The molecule has 0 fully saturated rings. The summed E-state index contributed by atoms with van der Waals surface area (Å²) >= 11 is 1.12. The van der Waals surface area contributed by atoms with E-state index in [1.165, 1.54) is 11.7 Å². The van der Waals surface area contributed by atoms with Crippen molar-refractivity contribution in [2.24, 2.45) is 0 Å². The lowest BCUT2D eigenvalue weighted by atomic mass is 10.1. The van der Waals surface area contributed by atoms with Gasteiger partial charge < -0.3 is 10.1 Å². The first-order chi connectivity index (χ1) is 14.3. The van der Waals surface area contributed by atoms with Crippen molar-refractivity contribution in [3.05, 3.63) is 63.9 Å². The molecule has 7 nitrogen and oxygen atoms in total. The molecule has 0 saturated carbocycles. The van der Waals surface area contributed by atoms with Crippen LogP contribution in [0.5, 0.6) is 0 Å². The summed E-state index contributed by atoms with van der Waals surface area (Å²) in [6, 6.07) is 12.7. The van der Waals surface area contributed by atoms with Crippen molar-refractivity contribution in [2.45, 2.75) is 37.7 Å². The number of fused-ring (bicyclic) bond motifs is 1. The maximum atomic E-state index is 12.9. The Morgan fingerprint density at radius 2 is 1.93 bits per heavy atom. The van der Waals surface area contributed by atoms with E-state index in [0.29, 0.717) is 10.9 Å². The van der Waals surface area contributed by atoms with Crippen molar-refractivity contribution in [3.8, 4) is 0 Å². The second kappa shape index (κ2) is 9.13. The zero-order valence-electron chi connectivity index (χ0n) is 17.3. The van der Waals surface area contributed by atoms with E-state index in [1.807, 2.05) is 32.0 Å². The highest BCUT2D eigenvalue weighted by atomic mass is 32.2. The number of thioether (sulfide) groups is 1. The summed E-state index contributed by atoms with van der Waals surface area (Å²) in [7, 11) is 1.26. The fraction of sp³-hybridized carbons (Fsp3) is 0.273. The molecule has 1 aromatic heterocycles. The summed E-state index contributed by atoms with van der Waals surface area (Å²) in [5.74, 6) is -0.788. The Balaban J connectivity index is 1.92. The van der Waals surface area contributed by atoms with E-state index in [9.17, 15) is 14.4 Å². The molecule has 30 heavy (non-hydrogen) atoms. The highest BCUT2D eigenvalue weighted by Crippen LogP contribution is 2.25. The van der Waals surface area contributed by atoms with Crippen LogP contribution in [0.3, 0.4) is 0 Å². The van der Waals surface area contributed by atoms with Gasteiger partial charge in [-0.1, -0.05) is 36.0 Å². The van der Waals surface area contributed by atoms with Crippen LogP contribution < -0.4 is 10.9 Å². The first-order valence-corrected chi connectivity index (χ1v) is 10.3. The SMILES string of the molecule is COC(=O)Cn1c(SC(C)C(=O)Nc2cc(C)ccc2C)nc2ccccc2c1=O. The van der Waals surface area contributed by atoms with Crippen LogP contribution in [0.2, 0.25) is 0 Å². The van der Waals surface area contributed by atoms with Gasteiger partial charge in [0.15, 0.2) is 5.16 Å². The first kappa shape index (κ1) is 21.6. The van der Waals surface area contributed by atoms with E-state index >= 15 is 0 Å². The van der Waals surface area contributed by atoms with E-state index in [1.54, 1.807) is 31.2 Å². The quantitative estimate of drug-likeness (QED) is 0.370. The van der Waals surface area contributed by atoms with Gasteiger partial charge in [-0.2, -0.15) is 0 Å². The van der Waals surface area contributed by atoms with Crippen molar-refractivity contribution in [3.63, 3.8) is 0 Å². The maximum absolute atomic E-state index is 12.9. The topological polar surface area (TPSA) is 90.3 Å². The number of esters is 1. The Bertz CT molecular complexity index is 1170. The van der Waals surface area contributed by atoms with Crippen molar-refractivity contribution in [1.29, 1.82) is 0 Å². The van der Waals surface area contributed by atoms with Gasteiger partial charge in [0.2, 0.25) is 5.91 Å². The van der Waals surface area contributed by atoms with Gasteiger partial charge in [0.1, 0.15) is 6.54 Å². The number of carbonyl (C=O) groups is 2. The number of carbonyl (C=O) groups excluding carboxylic acids is 2. The highest BCUT2D eigenvalue weighted by Gasteiger charge is 2.21. The molecule has 1 N–H and O–H groups in total. The highest BCUT2D eigenvalue weighted by molar-refractivity contribution is 8.00. The van der Waals surface area contributed by atoms with E-state index in [0.717, 1.165) is 28.6 Å². The van der Waals surface area contributed by atoms with Gasteiger partial charge in [-0.25, -0.2) is 4.98 Å². The number of anilines is 1. The fourth-order valence-corrected chi connectivity index (χ4v) is 3.80. The molecule has 1 unspecified atom stereocenters. The second-order valence-corrected chi connectivity index (χ2v) is 8.25. The summed E-state index contributed by atoms with van der Waals surface area (Å²) in [6.45, 7) is 5.33. The van der Waals surface area contributed by atoms with E-state index in [-0.39, 0.29) is 23.2 Å². The van der Waals surface area contributed by atoms with Gasteiger partial charge in [-0.05, 0) is 50.1 Å². The summed E-state index contributed by atoms with van der Waals surface area (Å²) < 4.78 is 5.97. The smallest absolute Gasteiger partial charge is 0.325 e. The second-order valence-electron chi connectivity index (χ2n) is 6.95. The Labute approximate surface area is 178 Å². The number of benzene rings is 2. The Hall–Kier alpha value is -3.13. The van der Waals surface area contributed by atoms with Gasteiger partial charge in [-0.3, -0.25) is 19.0 Å². The summed E-state index contributed by atoms with van der Waals surface area (Å²) in [4.78, 5) is 42.1. The van der Waals surface area contributed by atoms with Crippen LogP contribution in [0.4, 0.5) is 5.69 Å². The molecular weight excluding hydrogens is 402 g/mol. The van der Waals surface area contributed by atoms with Gasteiger partial charge >= 0.3 is 5.97 Å². The van der Waals surface area contributed by atoms with Gasteiger partial charge in [0.25, 0.3) is 5.56 Å². The predicted molar refractivity (Wildman–Crippen MR) is 118 cm³/mol. The molecule has 3 rings (SSSR count). The summed E-state index contributed by atoms with van der Waals surface area (Å²) in [5.41, 5.74) is 2.90. The monoisotopic (exact) mass is 425 g/mol. The molecule has 1 atom stereocenters. The summed E-state index contributed by atoms with van der Waals surface area (Å²) in [5, 5.41) is 3.06. The number of hydrogen-bond donors (Lipinski definition) is 1. The van der Waals surface area contributed by atoms with Crippen molar-refractivity contribution in [1.82, 2.24) is 9.55 Å². The van der Waals surface area contributed by atoms with Crippen LogP contribution in [0.1, 0.15) is 18.1 Å². The molecule has 1 amide bonds. The van der Waals surface area contributed by atoms with Crippen molar-refractivity contribution >= 4 is 40.2 Å². The number of hydrogen-bond acceptors (Lipinski definition) is 6. The van der Waals surface area contributed by atoms with Gasteiger partial charge in [0.05, 0.1) is 23.3 Å². The molecule has 2 aromatic carbocycles. The van der Waals surface area contributed by atoms with Gasteiger partial charge in [-0.15, -0.1) is 0 Å². The lowest BCUT2D eigenvalue weighted by Crippen LogP contribution is -2.29. The summed E-state index contributed by atoms with van der Waals surface area (Å²) in [6.07, 6.45) is 0. The molecule has 8 heteroatoms. The van der Waals surface area contributed by atoms with E-state index in [2.05, 4.69) is 10.3 Å². The normalized spacial score (nSPS) is 11.9. The number of ether oxygens (including phenoxy) is 1. The number of nitrogens with zero attached hydrogens (tertiary/aromatic N) is 2. The number of aromatic nitrogens is 2. The number of para-hydroxylation sites is 1. The zero-order chi connectivity index (χ0) is 21.8. The van der Waals surface area contributed by atoms with Crippen LogP contribution in [-0.2, 0) is 20.9 Å². The average molecular weight is 426 g/mol. The zero-order valence-corrected chi connectivity index (χ0v) is 18.1. The van der Waals surface area contributed by atoms with Crippen LogP contribution >= 0.6 is 11.8 Å². The van der Waals surface area contributed by atoms with Crippen LogP contribution in [0.25, 0.3) is 10.9 Å². The minimum atomic E-state index is -0.566. The Kier molecular flexibility index (Phi) is 6.56. The molecule has 0 saturated heterocycles. The molecule has 156 valence electrons. The lowest BCUT2D eigenvalue weighted by molar-refractivity contribution is -0.141. The van der Waals surface area contributed by atoms with E-state index in [4.69, 9.17) is 4.74 Å². The molecule has 0 aliphatic heterocycles. The molecule has 1 heterocycles. The number of rotatable bonds is 6. The minimum Gasteiger partial charge on any atom is -0.468 e. The van der Waals surface area contributed by atoms with Crippen molar-refractivity contribution < 1.29 is 14.3 Å². The molecule has 0 aliphatic carbocycles. The third-order valence-corrected chi connectivity index (χ3v) is 5.73. The third-order valence-electron chi connectivity index (χ3n) is 4.64. The van der Waals surface area contributed by atoms with Crippen molar-refractivity contribution in [2.75, 3.05) is 12.4 Å².